The molecule has 2 rings (SSSR count). The van der Waals surface area contributed by atoms with Crippen molar-refractivity contribution in [3.63, 3.8) is 0 Å². The van der Waals surface area contributed by atoms with Gasteiger partial charge >= 0.3 is 0 Å². The van der Waals surface area contributed by atoms with Gasteiger partial charge < -0.3 is 24.4 Å². The van der Waals surface area contributed by atoms with E-state index in [-0.39, 0.29) is 18.4 Å². The highest BCUT2D eigenvalue weighted by molar-refractivity contribution is 5.98. The number of hydrogen-bond acceptors (Lipinski definition) is 5. The summed E-state index contributed by atoms with van der Waals surface area (Å²) in [5.41, 5.74) is 1.33. The Balaban J connectivity index is 1.96. The summed E-state index contributed by atoms with van der Waals surface area (Å²) in [6.45, 7) is -0.0789. The maximum absolute atomic E-state index is 12.3. The Morgan fingerprint density at radius 2 is 1.61 bits per heavy atom. The molecule has 2 aromatic carbocycles. The van der Waals surface area contributed by atoms with Crippen LogP contribution in [0.3, 0.4) is 0 Å². The molecule has 0 spiro atoms. The molecule has 0 fully saturated rings. The first-order chi connectivity index (χ1) is 13.5. The van der Waals surface area contributed by atoms with Crippen LogP contribution < -0.4 is 19.5 Å². The molecule has 2 aromatic rings. The molecule has 0 aromatic heterocycles. The lowest BCUT2D eigenvalue weighted by Gasteiger charge is -2.15. The first kappa shape index (κ1) is 20.8. The molecule has 2 amide bonds. The number of likely N-dealkylation sites (N-methyl/N-ethyl adjacent to an activating group) is 1. The van der Waals surface area contributed by atoms with Gasteiger partial charge in [0.2, 0.25) is 11.8 Å². The summed E-state index contributed by atoms with van der Waals surface area (Å²) in [5.74, 6) is 1.36. The molecule has 0 saturated heterocycles. The van der Waals surface area contributed by atoms with Gasteiger partial charge in [0, 0.05) is 24.4 Å². The van der Waals surface area contributed by atoms with Gasteiger partial charge in [0.1, 0.15) is 17.2 Å². The normalized spacial score (nSPS) is 10.4. The van der Waals surface area contributed by atoms with Gasteiger partial charge in [0.15, 0.2) is 0 Å². The minimum absolute atomic E-state index is 0.0789. The number of benzene rings is 2. The minimum Gasteiger partial charge on any atom is -0.497 e. The number of methoxy groups -OCH3 is 3. The number of carbonyl (C=O) groups excluding carboxylic acids is 2. The van der Waals surface area contributed by atoms with Crippen LogP contribution in [-0.4, -0.2) is 51.6 Å². The van der Waals surface area contributed by atoms with Gasteiger partial charge in [-0.15, -0.1) is 0 Å². The first-order valence-electron chi connectivity index (χ1n) is 8.56. The monoisotopic (exact) mass is 384 g/mol. The quantitative estimate of drug-likeness (QED) is 0.708. The molecule has 0 radical (unpaired) electrons. The lowest BCUT2D eigenvalue weighted by Crippen LogP contribution is -2.33. The van der Waals surface area contributed by atoms with Crippen LogP contribution in [0.5, 0.6) is 17.2 Å². The molecule has 0 bridgehead atoms. The van der Waals surface area contributed by atoms with Gasteiger partial charge in [-0.2, -0.15) is 0 Å². The topological polar surface area (TPSA) is 77.1 Å². The van der Waals surface area contributed by atoms with Crippen LogP contribution in [0.2, 0.25) is 0 Å². The number of carbonyl (C=O) groups is 2. The largest absolute Gasteiger partial charge is 0.497 e. The maximum atomic E-state index is 12.3. The maximum Gasteiger partial charge on any atom is 0.246 e. The van der Waals surface area contributed by atoms with Crippen LogP contribution in [0.4, 0.5) is 5.69 Å². The van der Waals surface area contributed by atoms with E-state index in [0.29, 0.717) is 28.5 Å². The fourth-order valence-electron chi connectivity index (χ4n) is 2.43. The van der Waals surface area contributed by atoms with E-state index in [4.69, 9.17) is 14.2 Å². The molecule has 0 aliphatic rings. The fourth-order valence-corrected chi connectivity index (χ4v) is 2.43. The van der Waals surface area contributed by atoms with Gasteiger partial charge in [-0.3, -0.25) is 9.59 Å². The molecular formula is C21H24N2O5. The van der Waals surface area contributed by atoms with Crippen LogP contribution in [0.25, 0.3) is 6.08 Å². The Bertz CT molecular complexity index is 846. The minimum atomic E-state index is -0.310. The second-order valence-electron chi connectivity index (χ2n) is 5.91. The van der Waals surface area contributed by atoms with Crippen molar-refractivity contribution in [3.05, 3.63) is 54.1 Å². The van der Waals surface area contributed by atoms with E-state index in [9.17, 15) is 9.59 Å². The number of ether oxygens (including phenoxy) is 3. The lowest BCUT2D eigenvalue weighted by molar-refractivity contribution is -0.129. The third-order valence-corrected chi connectivity index (χ3v) is 3.97. The molecule has 7 heteroatoms. The predicted molar refractivity (Wildman–Crippen MR) is 108 cm³/mol. The molecular weight excluding hydrogens is 360 g/mol. The SMILES string of the molecule is COc1ccc(NC(=O)CN(C)C(=O)/C=C/c2cc(OC)ccc2OC)cc1. The van der Waals surface area contributed by atoms with Crippen molar-refractivity contribution in [2.24, 2.45) is 0 Å². The summed E-state index contributed by atoms with van der Waals surface area (Å²) >= 11 is 0. The van der Waals surface area contributed by atoms with Gasteiger partial charge in [0.25, 0.3) is 0 Å². The Hall–Kier alpha value is -3.48. The smallest absolute Gasteiger partial charge is 0.246 e. The van der Waals surface area contributed by atoms with Gasteiger partial charge in [-0.1, -0.05) is 0 Å². The number of anilines is 1. The van der Waals surface area contributed by atoms with E-state index in [1.54, 1.807) is 76.9 Å². The third kappa shape index (κ3) is 5.77. The van der Waals surface area contributed by atoms with Crippen molar-refractivity contribution in [2.75, 3.05) is 40.2 Å². The van der Waals surface area contributed by atoms with Crippen LogP contribution in [0.15, 0.2) is 48.5 Å². The molecule has 0 atom stereocenters. The van der Waals surface area contributed by atoms with E-state index in [1.165, 1.54) is 11.0 Å². The predicted octanol–water partition coefficient (Wildman–Crippen LogP) is 2.82. The number of rotatable bonds is 8. The summed E-state index contributed by atoms with van der Waals surface area (Å²) in [7, 11) is 6.25. The molecule has 0 aliphatic carbocycles. The fraction of sp³-hybridized carbons (Fsp3) is 0.238. The Morgan fingerprint density at radius 1 is 0.964 bits per heavy atom. The van der Waals surface area contributed by atoms with Crippen molar-refractivity contribution < 1.29 is 23.8 Å². The van der Waals surface area contributed by atoms with Crippen LogP contribution in [-0.2, 0) is 9.59 Å². The standard InChI is InChI=1S/C21H24N2O5/c1-23(14-20(24)22-16-6-8-17(26-2)9-7-16)21(25)12-5-15-13-18(27-3)10-11-19(15)28-4/h5-13H,14H2,1-4H3,(H,22,24)/b12-5+. The highest BCUT2D eigenvalue weighted by Gasteiger charge is 2.11. The molecule has 28 heavy (non-hydrogen) atoms. The zero-order valence-electron chi connectivity index (χ0n) is 16.4. The second-order valence-corrected chi connectivity index (χ2v) is 5.91. The number of nitrogens with one attached hydrogen (secondary N) is 1. The molecule has 7 nitrogen and oxygen atoms in total. The van der Waals surface area contributed by atoms with Crippen molar-refractivity contribution in [1.29, 1.82) is 0 Å². The van der Waals surface area contributed by atoms with Crippen molar-refractivity contribution in [1.82, 2.24) is 4.90 Å². The Morgan fingerprint density at radius 3 is 2.21 bits per heavy atom. The van der Waals surface area contributed by atoms with Crippen LogP contribution in [0.1, 0.15) is 5.56 Å². The third-order valence-electron chi connectivity index (χ3n) is 3.97. The average molecular weight is 384 g/mol. The van der Waals surface area contributed by atoms with E-state index in [2.05, 4.69) is 5.32 Å². The van der Waals surface area contributed by atoms with Gasteiger partial charge in [-0.25, -0.2) is 0 Å². The molecule has 0 saturated carbocycles. The lowest BCUT2D eigenvalue weighted by atomic mass is 10.1. The van der Waals surface area contributed by atoms with Crippen LogP contribution in [0, 0.1) is 0 Å². The number of hydrogen-bond donors (Lipinski definition) is 1. The van der Waals surface area contributed by atoms with E-state index >= 15 is 0 Å². The van der Waals surface area contributed by atoms with E-state index < -0.39 is 0 Å². The van der Waals surface area contributed by atoms with Crippen molar-refractivity contribution in [3.8, 4) is 17.2 Å². The molecule has 0 unspecified atom stereocenters. The average Bonchev–Trinajstić information content (AvgIpc) is 2.72. The van der Waals surface area contributed by atoms with Crippen molar-refractivity contribution in [2.45, 2.75) is 0 Å². The van der Waals surface area contributed by atoms with Gasteiger partial charge in [0.05, 0.1) is 27.9 Å². The number of amides is 2. The van der Waals surface area contributed by atoms with Gasteiger partial charge in [-0.05, 0) is 48.5 Å². The Kier molecular flexibility index (Phi) is 7.45. The second kappa shape index (κ2) is 10.0. The summed E-state index contributed by atoms with van der Waals surface area (Å²) in [5, 5.41) is 2.74. The first-order valence-corrected chi connectivity index (χ1v) is 8.56. The van der Waals surface area contributed by atoms with E-state index in [0.717, 1.165) is 0 Å². The summed E-state index contributed by atoms with van der Waals surface area (Å²) in [6, 6.07) is 12.2. The molecule has 0 aliphatic heterocycles. The number of nitrogens with zero attached hydrogens (tertiary/aromatic N) is 1. The van der Waals surface area contributed by atoms with E-state index in [1.807, 2.05) is 0 Å². The van der Waals surface area contributed by atoms with Crippen LogP contribution >= 0.6 is 0 Å². The summed E-state index contributed by atoms with van der Waals surface area (Å²) in [6.07, 6.45) is 3.01. The highest BCUT2D eigenvalue weighted by atomic mass is 16.5. The Labute approximate surface area is 164 Å². The zero-order chi connectivity index (χ0) is 20.5. The zero-order valence-corrected chi connectivity index (χ0v) is 16.4. The molecule has 0 heterocycles. The van der Waals surface area contributed by atoms with Crippen molar-refractivity contribution >= 4 is 23.6 Å². The highest BCUT2D eigenvalue weighted by Crippen LogP contribution is 2.25. The summed E-state index contributed by atoms with van der Waals surface area (Å²) in [4.78, 5) is 25.8. The molecule has 1 N–H and O–H groups in total. The molecule has 148 valence electrons. The summed E-state index contributed by atoms with van der Waals surface area (Å²) < 4.78 is 15.5.